The Labute approximate surface area is 196 Å². The van der Waals surface area contributed by atoms with Crippen LogP contribution in [0, 0.1) is 17.5 Å². The summed E-state index contributed by atoms with van der Waals surface area (Å²) in [6.07, 6.45) is 2.12. The zero-order valence-electron chi connectivity index (χ0n) is 17.9. The summed E-state index contributed by atoms with van der Waals surface area (Å²) in [5.41, 5.74) is 1.18. The molecule has 3 heterocycles. The Kier molecular flexibility index (Phi) is 4.80. The van der Waals surface area contributed by atoms with E-state index < -0.39 is 29.2 Å². The topological polar surface area (TPSA) is 102 Å². The van der Waals surface area contributed by atoms with Gasteiger partial charge in [-0.05, 0) is 30.7 Å². The van der Waals surface area contributed by atoms with E-state index in [1.165, 1.54) is 0 Å². The zero-order chi connectivity index (χ0) is 24.3. The largest absolute Gasteiger partial charge is 0.487 e. The second-order valence-corrected chi connectivity index (χ2v) is 8.46. The smallest absolute Gasteiger partial charge is 0.319 e. The molecule has 3 amide bonds. The van der Waals surface area contributed by atoms with E-state index in [9.17, 15) is 22.8 Å². The number of benzene rings is 2. The second kappa shape index (κ2) is 7.90. The van der Waals surface area contributed by atoms with E-state index in [4.69, 9.17) is 9.47 Å². The summed E-state index contributed by atoms with van der Waals surface area (Å²) in [6, 6.07) is 6.89. The third kappa shape index (κ3) is 3.78. The summed E-state index contributed by atoms with van der Waals surface area (Å²) in [5.74, 6) is -1.64. The maximum Gasteiger partial charge on any atom is 0.319 e. The van der Waals surface area contributed by atoms with Crippen molar-refractivity contribution >= 4 is 23.4 Å². The van der Waals surface area contributed by atoms with Gasteiger partial charge in [0.05, 0.1) is 17.6 Å². The molecule has 0 bridgehead atoms. The number of carbonyl (C=O) groups excluding carboxylic acids is 2. The molecule has 1 aromatic heterocycles. The molecule has 0 spiro atoms. The number of aromatic nitrogens is 1. The highest BCUT2D eigenvalue weighted by Crippen LogP contribution is 2.54. The minimum atomic E-state index is -1.34. The Morgan fingerprint density at radius 2 is 1.91 bits per heavy atom. The highest BCUT2D eigenvalue weighted by molar-refractivity contribution is 5.93. The van der Waals surface area contributed by atoms with E-state index in [1.807, 2.05) is 6.07 Å². The van der Waals surface area contributed by atoms with Crippen LogP contribution < -0.4 is 25.4 Å². The summed E-state index contributed by atoms with van der Waals surface area (Å²) in [5, 5.41) is 7.60. The number of halogens is 3. The molecular weight excluding hydrogens is 465 g/mol. The van der Waals surface area contributed by atoms with Crippen molar-refractivity contribution in [3.8, 4) is 17.2 Å². The van der Waals surface area contributed by atoms with Crippen LogP contribution in [-0.4, -0.2) is 29.1 Å². The lowest BCUT2D eigenvalue weighted by atomic mass is 10.1. The standard InChI is InChI=1S/C24H17F3N4O4/c25-13-8-15(27)16(9-14(13)26)29-24(33)31-21-20-12-7-10(1-3-17(12)35-22(20)21)34-18-5-6-28-23-11(18)2-4-19(32)30-23/h1,3,5-9,20-22H,2,4H2,(H,28,30,32)(H2,29,31,33)/t20-,21?,22-/m0/s1. The van der Waals surface area contributed by atoms with E-state index in [1.54, 1.807) is 24.4 Å². The fraction of sp³-hybridized carbons (Fsp3) is 0.208. The molecule has 1 aliphatic carbocycles. The van der Waals surface area contributed by atoms with E-state index >= 15 is 0 Å². The Balaban J connectivity index is 1.15. The minimum Gasteiger partial charge on any atom is -0.487 e. The fourth-order valence-corrected chi connectivity index (χ4v) is 4.48. The maximum absolute atomic E-state index is 13.8. The average molecular weight is 482 g/mol. The third-order valence-corrected chi connectivity index (χ3v) is 6.21. The van der Waals surface area contributed by atoms with Crippen LogP contribution in [0.1, 0.15) is 23.5 Å². The molecule has 1 unspecified atom stereocenters. The molecule has 3 N–H and O–H groups in total. The SMILES string of the molecule is O=C1CCc2c(Oc3ccc4c(c3)[C@H]3C(NC(=O)Nc5cc(F)c(F)cc5F)[C@H]3O4)ccnc2N1. The molecule has 35 heavy (non-hydrogen) atoms. The summed E-state index contributed by atoms with van der Waals surface area (Å²) < 4.78 is 52.2. The second-order valence-electron chi connectivity index (χ2n) is 8.46. The predicted molar refractivity (Wildman–Crippen MR) is 117 cm³/mol. The Hall–Kier alpha value is -4.28. The van der Waals surface area contributed by atoms with Crippen LogP contribution in [0.2, 0.25) is 0 Å². The molecule has 2 aromatic carbocycles. The van der Waals surface area contributed by atoms with Gasteiger partial charge in [-0.2, -0.15) is 0 Å². The number of hydrogen-bond donors (Lipinski definition) is 3. The molecule has 1 saturated carbocycles. The number of ether oxygens (including phenoxy) is 2. The van der Waals surface area contributed by atoms with Gasteiger partial charge in [-0.3, -0.25) is 4.79 Å². The molecule has 3 atom stereocenters. The van der Waals surface area contributed by atoms with Crippen molar-refractivity contribution in [2.24, 2.45) is 0 Å². The Bertz CT molecular complexity index is 1400. The van der Waals surface area contributed by atoms with Gasteiger partial charge in [0.25, 0.3) is 0 Å². The van der Waals surface area contributed by atoms with Crippen molar-refractivity contribution in [2.75, 3.05) is 10.6 Å². The van der Waals surface area contributed by atoms with Gasteiger partial charge >= 0.3 is 6.03 Å². The van der Waals surface area contributed by atoms with Crippen molar-refractivity contribution in [2.45, 2.75) is 30.9 Å². The molecule has 1 fully saturated rings. The molecule has 6 rings (SSSR count). The van der Waals surface area contributed by atoms with Gasteiger partial charge < -0.3 is 25.4 Å². The molecular formula is C24H17F3N4O4. The minimum absolute atomic E-state index is 0.0912. The van der Waals surface area contributed by atoms with Crippen molar-refractivity contribution in [3.05, 3.63) is 71.2 Å². The quantitative estimate of drug-likeness (QED) is 0.484. The van der Waals surface area contributed by atoms with Crippen LogP contribution in [0.3, 0.4) is 0 Å². The summed E-state index contributed by atoms with van der Waals surface area (Å²) in [4.78, 5) is 28.1. The zero-order valence-corrected chi connectivity index (χ0v) is 17.9. The van der Waals surface area contributed by atoms with E-state index in [0.29, 0.717) is 48.0 Å². The molecule has 0 radical (unpaired) electrons. The number of anilines is 2. The van der Waals surface area contributed by atoms with Gasteiger partial charge in [-0.25, -0.2) is 22.9 Å². The summed E-state index contributed by atoms with van der Waals surface area (Å²) in [6.45, 7) is 0. The van der Waals surface area contributed by atoms with Crippen molar-refractivity contribution in [1.82, 2.24) is 10.3 Å². The van der Waals surface area contributed by atoms with Crippen LogP contribution in [0.4, 0.5) is 29.5 Å². The highest BCUT2D eigenvalue weighted by atomic mass is 19.2. The molecule has 3 aromatic rings. The number of carbonyl (C=O) groups is 2. The first-order valence-electron chi connectivity index (χ1n) is 10.9. The van der Waals surface area contributed by atoms with E-state index in [2.05, 4.69) is 20.9 Å². The normalized spacial score (nSPS) is 21.1. The van der Waals surface area contributed by atoms with Gasteiger partial charge in [-0.15, -0.1) is 0 Å². The molecule has 8 nitrogen and oxygen atoms in total. The Morgan fingerprint density at radius 1 is 1.09 bits per heavy atom. The van der Waals surface area contributed by atoms with Crippen LogP contribution in [0.15, 0.2) is 42.6 Å². The average Bonchev–Trinajstić information content (AvgIpc) is 3.33. The number of pyridine rings is 1. The summed E-state index contributed by atoms with van der Waals surface area (Å²) >= 11 is 0. The number of hydrogen-bond acceptors (Lipinski definition) is 5. The first kappa shape index (κ1) is 21.3. The highest BCUT2D eigenvalue weighted by Gasteiger charge is 2.59. The van der Waals surface area contributed by atoms with Crippen LogP contribution in [-0.2, 0) is 11.2 Å². The Morgan fingerprint density at radius 3 is 2.77 bits per heavy atom. The molecule has 178 valence electrons. The van der Waals surface area contributed by atoms with Gasteiger partial charge in [-0.1, -0.05) is 0 Å². The lowest BCUT2D eigenvalue weighted by Gasteiger charge is -2.19. The fourth-order valence-electron chi connectivity index (χ4n) is 4.48. The maximum atomic E-state index is 13.8. The number of rotatable bonds is 4. The van der Waals surface area contributed by atoms with Crippen LogP contribution in [0.25, 0.3) is 0 Å². The van der Waals surface area contributed by atoms with E-state index in [-0.39, 0.29) is 24.0 Å². The molecule has 3 aliphatic rings. The van der Waals surface area contributed by atoms with Crippen LogP contribution >= 0.6 is 0 Å². The molecule has 0 saturated heterocycles. The van der Waals surface area contributed by atoms with E-state index in [0.717, 1.165) is 11.1 Å². The summed E-state index contributed by atoms with van der Waals surface area (Å²) in [7, 11) is 0. The molecule has 11 heteroatoms. The van der Waals surface area contributed by atoms with Gasteiger partial charge in [0.15, 0.2) is 11.6 Å². The third-order valence-electron chi connectivity index (χ3n) is 6.21. The number of urea groups is 1. The number of fused-ring (bicyclic) bond motifs is 4. The van der Waals surface area contributed by atoms with Gasteiger partial charge in [0.1, 0.15) is 35.0 Å². The van der Waals surface area contributed by atoms with Gasteiger partial charge in [0.2, 0.25) is 5.91 Å². The van der Waals surface area contributed by atoms with Crippen molar-refractivity contribution in [3.63, 3.8) is 0 Å². The predicted octanol–water partition coefficient (Wildman–Crippen LogP) is 4.22. The lowest BCUT2D eigenvalue weighted by Crippen LogP contribution is -2.34. The first-order chi connectivity index (χ1) is 16.9. The number of nitrogens with one attached hydrogen (secondary N) is 3. The lowest BCUT2D eigenvalue weighted by molar-refractivity contribution is -0.116. The number of nitrogens with zero attached hydrogens (tertiary/aromatic N) is 1. The first-order valence-corrected chi connectivity index (χ1v) is 10.9. The van der Waals surface area contributed by atoms with Gasteiger partial charge in [0, 0.05) is 35.9 Å². The monoisotopic (exact) mass is 482 g/mol. The molecule has 2 aliphatic heterocycles. The van der Waals surface area contributed by atoms with Crippen LogP contribution in [0.5, 0.6) is 17.2 Å². The van der Waals surface area contributed by atoms with Crippen molar-refractivity contribution < 1.29 is 32.2 Å². The van der Waals surface area contributed by atoms with Crippen molar-refractivity contribution in [1.29, 1.82) is 0 Å². The number of amides is 3.